The van der Waals surface area contributed by atoms with Crippen molar-refractivity contribution < 1.29 is 0 Å². The Kier molecular flexibility index (Phi) is 4.82. The van der Waals surface area contributed by atoms with Crippen LogP contribution in [0.4, 0.5) is 0 Å². The summed E-state index contributed by atoms with van der Waals surface area (Å²) in [6.07, 6.45) is 2.65. The van der Waals surface area contributed by atoms with Crippen molar-refractivity contribution in [2.45, 2.75) is 32.4 Å². The molecule has 1 saturated heterocycles. The van der Waals surface area contributed by atoms with Gasteiger partial charge in [-0.15, -0.1) is 11.3 Å². The molecule has 1 aliphatic heterocycles. The van der Waals surface area contributed by atoms with E-state index in [1.807, 2.05) is 11.3 Å². The summed E-state index contributed by atoms with van der Waals surface area (Å²) >= 11 is 5.46. The van der Waals surface area contributed by atoms with Crippen LogP contribution in [0.2, 0.25) is 0 Å². The van der Waals surface area contributed by atoms with Gasteiger partial charge < -0.3 is 5.32 Å². The van der Waals surface area contributed by atoms with Crippen molar-refractivity contribution in [2.75, 3.05) is 19.6 Å². The van der Waals surface area contributed by atoms with Crippen LogP contribution < -0.4 is 5.32 Å². The molecule has 2 heterocycles. The number of thiophene rings is 1. The summed E-state index contributed by atoms with van der Waals surface area (Å²) in [5.41, 5.74) is 0. The maximum absolute atomic E-state index is 3.62. The zero-order valence-corrected chi connectivity index (χ0v) is 12.1. The normalized spacial score (nSPS) is 21.6. The third kappa shape index (κ3) is 3.06. The lowest BCUT2D eigenvalue weighted by molar-refractivity contribution is 0.167. The lowest BCUT2D eigenvalue weighted by atomic mass is 10.1. The predicted octanol–water partition coefficient (Wildman–Crippen LogP) is 3.08. The molecule has 90 valence electrons. The summed E-state index contributed by atoms with van der Waals surface area (Å²) in [5.74, 6) is 0. The molecule has 0 radical (unpaired) electrons. The quantitative estimate of drug-likeness (QED) is 0.919. The monoisotopic (exact) mass is 302 g/mol. The van der Waals surface area contributed by atoms with E-state index in [9.17, 15) is 0 Å². The third-order valence-electron chi connectivity index (χ3n) is 3.23. The highest BCUT2D eigenvalue weighted by Gasteiger charge is 2.20. The van der Waals surface area contributed by atoms with Crippen LogP contribution in [0.25, 0.3) is 0 Å². The molecule has 0 amide bonds. The van der Waals surface area contributed by atoms with Gasteiger partial charge in [-0.25, -0.2) is 0 Å². The van der Waals surface area contributed by atoms with E-state index in [1.54, 1.807) is 0 Å². The van der Waals surface area contributed by atoms with E-state index < -0.39 is 0 Å². The summed E-state index contributed by atoms with van der Waals surface area (Å²) in [6, 6.07) is 2.86. The van der Waals surface area contributed by atoms with Gasteiger partial charge >= 0.3 is 0 Å². The molecule has 1 unspecified atom stereocenters. The molecule has 1 atom stereocenters. The van der Waals surface area contributed by atoms with Crippen molar-refractivity contribution in [3.05, 3.63) is 20.8 Å². The number of hydrogen-bond acceptors (Lipinski definition) is 3. The number of halogens is 1. The first-order valence-corrected chi connectivity index (χ1v) is 7.65. The molecule has 1 aromatic rings. The highest BCUT2D eigenvalue weighted by atomic mass is 79.9. The molecule has 16 heavy (non-hydrogen) atoms. The van der Waals surface area contributed by atoms with Gasteiger partial charge in [-0.2, -0.15) is 0 Å². The van der Waals surface area contributed by atoms with Crippen molar-refractivity contribution in [1.29, 1.82) is 0 Å². The Bertz CT molecular complexity index is 321. The molecule has 4 heteroatoms. The summed E-state index contributed by atoms with van der Waals surface area (Å²) in [5, 5.41) is 5.65. The molecule has 0 saturated carbocycles. The minimum absolute atomic E-state index is 0.716. The van der Waals surface area contributed by atoms with Gasteiger partial charge in [0.2, 0.25) is 0 Å². The molecule has 1 fully saturated rings. The molecule has 0 spiro atoms. The molecular formula is C12H19BrN2S. The molecular weight excluding hydrogens is 284 g/mol. The number of piperidine rings is 1. The fraction of sp³-hybridized carbons (Fsp3) is 0.667. The molecule has 1 N–H and O–H groups in total. The van der Waals surface area contributed by atoms with E-state index in [2.05, 4.69) is 44.5 Å². The second-order valence-electron chi connectivity index (χ2n) is 4.25. The third-order valence-corrected chi connectivity index (χ3v) is 5.14. The van der Waals surface area contributed by atoms with Crippen molar-refractivity contribution in [3.8, 4) is 0 Å². The van der Waals surface area contributed by atoms with Crippen LogP contribution in [-0.2, 0) is 6.54 Å². The van der Waals surface area contributed by atoms with E-state index >= 15 is 0 Å². The van der Waals surface area contributed by atoms with Gasteiger partial charge in [-0.1, -0.05) is 6.92 Å². The van der Waals surface area contributed by atoms with Crippen molar-refractivity contribution in [3.63, 3.8) is 0 Å². The van der Waals surface area contributed by atoms with Gasteiger partial charge in [0.1, 0.15) is 0 Å². The molecule has 2 nitrogen and oxygen atoms in total. The van der Waals surface area contributed by atoms with Crippen LogP contribution in [0.5, 0.6) is 0 Å². The molecule has 1 aliphatic rings. The number of hydrogen-bond donors (Lipinski definition) is 1. The number of rotatable bonds is 4. The fourth-order valence-electron chi connectivity index (χ4n) is 2.27. The van der Waals surface area contributed by atoms with E-state index in [-0.39, 0.29) is 0 Å². The van der Waals surface area contributed by atoms with Gasteiger partial charge in [0, 0.05) is 28.5 Å². The van der Waals surface area contributed by atoms with E-state index in [1.165, 1.54) is 28.7 Å². The summed E-state index contributed by atoms with van der Waals surface area (Å²) in [7, 11) is 0. The van der Waals surface area contributed by atoms with Crippen LogP contribution in [0.15, 0.2) is 15.9 Å². The minimum Gasteiger partial charge on any atom is -0.315 e. The van der Waals surface area contributed by atoms with Crippen molar-refractivity contribution >= 4 is 27.3 Å². The molecule has 1 aromatic heterocycles. The fourth-order valence-corrected chi connectivity index (χ4v) is 3.77. The lowest BCUT2D eigenvalue weighted by Crippen LogP contribution is -2.45. The average Bonchev–Trinajstić information content (AvgIpc) is 2.73. The molecule has 0 bridgehead atoms. The van der Waals surface area contributed by atoms with Crippen molar-refractivity contribution in [1.82, 2.24) is 10.2 Å². The Morgan fingerprint density at radius 3 is 3.06 bits per heavy atom. The molecule has 0 aromatic carbocycles. The maximum atomic E-state index is 3.62. The maximum Gasteiger partial charge on any atom is 0.0342 e. The van der Waals surface area contributed by atoms with Crippen LogP contribution in [-0.4, -0.2) is 30.6 Å². The first-order chi connectivity index (χ1) is 7.81. The van der Waals surface area contributed by atoms with Gasteiger partial charge in [-0.3, -0.25) is 4.90 Å². The number of nitrogens with zero attached hydrogens (tertiary/aromatic N) is 1. The first-order valence-electron chi connectivity index (χ1n) is 5.98. The number of nitrogens with one attached hydrogen (secondary N) is 1. The Hall–Kier alpha value is 0.1000. The SMILES string of the molecule is CCN(Cc1sccc1Br)C1CCCNC1. The minimum atomic E-state index is 0.716. The zero-order valence-electron chi connectivity index (χ0n) is 9.71. The van der Waals surface area contributed by atoms with E-state index in [0.717, 1.165) is 19.6 Å². The van der Waals surface area contributed by atoms with E-state index in [4.69, 9.17) is 0 Å². The molecule has 2 rings (SSSR count). The Balaban J connectivity index is 1.97. The standard InChI is InChI=1S/C12H19BrN2S/c1-2-15(10-4-3-6-14-8-10)9-12-11(13)5-7-16-12/h5,7,10,14H,2-4,6,8-9H2,1H3. The van der Waals surface area contributed by atoms with Crippen LogP contribution in [0.3, 0.4) is 0 Å². The zero-order chi connectivity index (χ0) is 11.4. The lowest BCUT2D eigenvalue weighted by Gasteiger charge is -2.33. The number of likely N-dealkylation sites (N-methyl/N-ethyl adjacent to an activating group) is 1. The van der Waals surface area contributed by atoms with Crippen molar-refractivity contribution in [2.24, 2.45) is 0 Å². The average molecular weight is 303 g/mol. The summed E-state index contributed by atoms with van der Waals surface area (Å²) < 4.78 is 1.26. The van der Waals surface area contributed by atoms with Crippen LogP contribution in [0, 0.1) is 0 Å². The first kappa shape index (κ1) is 12.6. The highest BCUT2D eigenvalue weighted by molar-refractivity contribution is 9.10. The Morgan fingerprint density at radius 1 is 1.62 bits per heavy atom. The molecule has 0 aliphatic carbocycles. The topological polar surface area (TPSA) is 15.3 Å². The highest BCUT2D eigenvalue weighted by Crippen LogP contribution is 2.25. The Labute approximate surface area is 110 Å². The largest absolute Gasteiger partial charge is 0.315 e. The van der Waals surface area contributed by atoms with Crippen LogP contribution >= 0.6 is 27.3 Å². The van der Waals surface area contributed by atoms with Gasteiger partial charge in [0.25, 0.3) is 0 Å². The van der Waals surface area contributed by atoms with Crippen LogP contribution in [0.1, 0.15) is 24.6 Å². The second-order valence-corrected chi connectivity index (χ2v) is 6.11. The van der Waals surface area contributed by atoms with Gasteiger partial charge in [0.05, 0.1) is 0 Å². The second kappa shape index (κ2) is 6.15. The smallest absolute Gasteiger partial charge is 0.0342 e. The van der Waals surface area contributed by atoms with Gasteiger partial charge in [0.15, 0.2) is 0 Å². The summed E-state index contributed by atoms with van der Waals surface area (Å²) in [4.78, 5) is 4.04. The predicted molar refractivity (Wildman–Crippen MR) is 74.0 cm³/mol. The van der Waals surface area contributed by atoms with Gasteiger partial charge in [-0.05, 0) is 53.3 Å². The summed E-state index contributed by atoms with van der Waals surface area (Å²) in [6.45, 7) is 6.82. The van der Waals surface area contributed by atoms with E-state index in [0.29, 0.717) is 6.04 Å². The Morgan fingerprint density at radius 2 is 2.50 bits per heavy atom.